The van der Waals surface area contributed by atoms with Crippen molar-refractivity contribution < 1.29 is 0 Å². The van der Waals surface area contributed by atoms with E-state index in [0.717, 1.165) is 41.6 Å². The quantitative estimate of drug-likeness (QED) is 0.413. The third-order valence-electron chi connectivity index (χ3n) is 4.51. The normalized spacial score (nSPS) is 21.8. The first-order chi connectivity index (χ1) is 10.7. The lowest BCUT2D eigenvalue weighted by atomic mass is 10.1. The third kappa shape index (κ3) is 5.80. The van der Waals surface area contributed by atoms with Crippen LogP contribution in [0.5, 0.6) is 0 Å². The van der Waals surface area contributed by atoms with Crippen molar-refractivity contribution in [2.24, 2.45) is 10.9 Å². The molecule has 2 aliphatic rings. The highest BCUT2D eigenvalue weighted by Crippen LogP contribution is 2.31. The van der Waals surface area contributed by atoms with Crippen LogP contribution in [0.1, 0.15) is 24.8 Å². The Bertz CT molecular complexity index is 533. The maximum atomic E-state index is 6.01. The second kappa shape index (κ2) is 9.08. The van der Waals surface area contributed by atoms with E-state index in [1.165, 1.54) is 32.4 Å². The van der Waals surface area contributed by atoms with E-state index in [0.29, 0.717) is 0 Å². The van der Waals surface area contributed by atoms with Crippen LogP contribution in [0.2, 0.25) is 5.02 Å². The molecule has 23 heavy (non-hydrogen) atoms. The zero-order chi connectivity index (χ0) is 15.4. The molecular weight excluding hydrogens is 423 g/mol. The molecule has 1 aliphatic heterocycles. The molecule has 0 radical (unpaired) electrons. The van der Waals surface area contributed by atoms with E-state index < -0.39 is 0 Å². The van der Waals surface area contributed by atoms with Gasteiger partial charge < -0.3 is 15.5 Å². The SMILES string of the molecule is CN=C(NCc1cccc(Cl)c1)NCC1CCN(C2CC2)C1.I. The van der Waals surface area contributed by atoms with Crippen molar-refractivity contribution >= 4 is 41.5 Å². The molecule has 1 saturated heterocycles. The Labute approximate surface area is 161 Å². The van der Waals surface area contributed by atoms with Gasteiger partial charge in [-0.15, -0.1) is 24.0 Å². The molecule has 1 aliphatic carbocycles. The van der Waals surface area contributed by atoms with Gasteiger partial charge in [0.25, 0.3) is 0 Å². The first-order valence-electron chi connectivity index (χ1n) is 8.17. The summed E-state index contributed by atoms with van der Waals surface area (Å²) in [6.07, 6.45) is 4.11. The number of halogens is 2. The maximum absolute atomic E-state index is 6.01. The molecule has 1 aromatic rings. The lowest BCUT2D eigenvalue weighted by molar-refractivity contribution is 0.314. The number of likely N-dealkylation sites (tertiary alicyclic amines) is 1. The van der Waals surface area contributed by atoms with Crippen molar-refractivity contribution in [2.75, 3.05) is 26.7 Å². The average molecular weight is 449 g/mol. The Kier molecular flexibility index (Phi) is 7.43. The number of guanidine groups is 1. The highest BCUT2D eigenvalue weighted by Gasteiger charge is 2.34. The standard InChI is InChI=1S/C17H25ClN4.HI/c1-19-17(20-10-13-3-2-4-15(18)9-13)21-11-14-7-8-22(12-14)16-5-6-16;/h2-4,9,14,16H,5-8,10-12H2,1H3,(H2,19,20,21);1H. The van der Waals surface area contributed by atoms with Crippen LogP contribution < -0.4 is 10.6 Å². The van der Waals surface area contributed by atoms with E-state index in [-0.39, 0.29) is 24.0 Å². The third-order valence-corrected chi connectivity index (χ3v) is 4.75. The summed E-state index contributed by atoms with van der Waals surface area (Å²) in [6.45, 7) is 4.24. The molecule has 128 valence electrons. The minimum absolute atomic E-state index is 0. The lowest BCUT2D eigenvalue weighted by Gasteiger charge is -2.17. The maximum Gasteiger partial charge on any atom is 0.191 e. The zero-order valence-electron chi connectivity index (χ0n) is 13.6. The molecule has 0 spiro atoms. The molecule has 1 unspecified atom stereocenters. The van der Waals surface area contributed by atoms with Crippen LogP contribution in [0.15, 0.2) is 29.3 Å². The van der Waals surface area contributed by atoms with Crippen LogP contribution in [0, 0.1) is 5.92 Å². The van der Waals surface area contributed by atoms with E-state index in [9.17, 15) is 0 Å². The van der Waals surface area contributed by atoms with Crippen molar-refractivity contribution in [2.45, 2.75) is 31.8 Å². The molecular formula is C17H26ClIN4. The fourth-order valence-corrected chi connectivity index (χ4v) is 3.31. The van der Waals surface area contributed by atoms with E-state index in [4.69, 9.17) is 11.6 Å². The minimum atomic E-state index is 0. The summed E-state index contributed by atoms with van der Waals surface area (Å²) >= 11 is 6.01. The van der Waals surface area contributed by atoms with Gasteiger partial charge in [0, 0.05) is 37.7 Å². The van der Waals surface area contributed by atoms with Gasteiger partial charge in [-0.25, -0.2) is 0 Å². The highest BCUT2D eigenvalue weighted by molar-refractivity contribution is 14.0. The Morgan fingerprint density at radius 2 is 2.13 bits per heavy atom. The van der Waals surface area contributed by atoms with Gasteiger partial charge in [0.1, 0.15) is 0 Å². The molecule has 2 fully saturated rings. The zero-order valence-corrected chi connectivity index (χ0v) is 16.7. The molecule has 0 aromatic heterocycles. The summed E-state index contributed by atoms with van der Waals surface area (Å²) in [6, 6.07) is 8.80. The van der Waals surface area contributed by atoms with Crippen LogP contribution in [-0.4, -0.2) is 43.6 Å². The molecule has 4 nitrogen and oxygen atoms in total. The number of nitrogens with zero attached hydrogens (tertiary/aromatic N) is 2. The number of hydrogen-bond acceptors (Lipinski definition) is 2. The molecule has 1 aromatic carbocycles. The lowest BCUT2D eigenvalue weighted by Crippen LogP contribution is -2.40. The van der Waals surface area contributed by atoms with E-state index in [2.05, 4.69) is 26.6 Å². The molecule has 6 heteroatoms. The number of rotatable bonds is 5. The Morgan fingerprint density at radius 3 is 2.83 bits per heavy atom. The fraction of sp³-hybridized carbons (Fsp3) is 0.588. The molecule has 0 bridgehead atoms. The fourth-order valence-electron chi connectivity index (χ4n) is 3.09. The first-order valence-corrected chi connectivity index (χ1v) is 8.55. The van der Waals surface area contributed by atoms with Crippen molar-refractivity contribution in [1.82, 2.24) is 15.5 Å². The van der Waals surface area contributed by atoms with Gasteiger partial charge in [-0.05, 0) is 49.4 Å². The second-order valence-electron chi connectivity index (χ2n) is 6.32. The molecule has 1 heterocycles. The van der Waals surface area contributed by atoms with Crippen LogP contribution >= 0.6 is 35.6 Å². The van der Waals surface area contributed by atoms with Gasteiger partial charge >= 0.3 is 0 Å². The summed E-state index contributed by atoms with van der Waals surface area (Å²) in [5, 5.41) is 7.58. The first kappa shape index (κ1) is 18.8. The van der Waals surface area contributed by atoms with Gasteiger partial charge in [0.15, 0.2) is 5.96 Å². The molecule has 1 saturated carbocycles. The summed E-state index contributed by atoms with van der Waals surface area (Å²) in [5.74, 6) is 1.61. The Balaban J connectivity index is 0.00000192. The summed E-state index contributed by atoms with van der Waals surface area (Å²) in [7, 11) is 1.82. The minimum Gasteiger partial charge on any atom is -0.356 e. The number of aliphatic imine (C=N–C) groups is 1. The Morgan fingerprint density at radius 1 is 1.30 bits per heavy atom. The topological polar surface area (TPSA) is 39.7 Å². The predicted molar refractivity (Wildman–Crippen MR) is 108 cm³/mol. The van der Waals surface area contributed by atoms with Crippen molar-refractivity contribution in [3.8, 4) is 0 Å². The van der Waals surface area contributed by atoms with Crippen LogP contribution in [0.25, 0.3) is 0 Å². The van der Waals surface area contributed by atoms with E-state index >= 15 is 0 Å². The van der Waals surface area contributed by atoms with Gasteiger partial charge in [-0.1, -0.05) is 23.7 Å². The molecule has 0 amide bonds. The highest BCUT2D eigenvalue weighted by atomic mass is 127. The van der Waals surface area contributed by atoms with Crippen LogP contribution in [-0.2, 0) is 6.54 Å². The van der Waals surface area contributed by atoms with Gasteiger partial charge in [-0.3, -0.25) is 4.99 Å². The summed E-state index contributed by atoms with van der Waals surface area (Å²) in [5.41, 5.74) is 1.16. The second-order valence-corrected chi connectivity index (χ2v) is 6.75. The number of nitrogens with one attached hydrogen (secondary N) is 2. The Hall–Kier alpha value is -0.530. The molecule has 3 rings (SSSR count). The number of hydrogen-bond donors (Lipinski definition) is 2. The van der Waals surface area contributed by atoms with Crippen molar-refractivity contribution in [1.29, 1.82) is 0 Å². The summed E-state index contributed by atoms with van der Waals surface area (Å²) in [4.78, 5) is 6.95. The largest absolute Gasteiger partial charge is 0.356 e. The summed E-state index contributed by atoms with van der Waals surface area (Å²) < 4.78 is 0. The average Bonchev–Trinajstić information content (AvgIpc) is 3.27. The monoisotopic (exact) mass is 448 g/mol. The molecule has 1 atom stereocenters. The van der Waals surface area contributed by atoms with Gasteiger partial charge in [-0.2, -0.15) is 0 Å². The van der Waals surface area contributed by atoms with Gasteiger partial charge in [0.2, 0.25) is 0 Å². The van der Waals surface area contributed by atoms with Crippen LogP contribution in [0.4, 0.5) is 0 Å². The van der Waals surface area contributed by atoms with E-state index in [1.54, 1.807) is 0 Å². The van der Waals surface area contributed by atoms with Crippen molar-refractivity contribution in [3.05, 3.63) is 34.9 Å². The smallest absolute Gasteiger partial charge is 0.191 e. The molecule has 2 N–H and O–H groups in total. The van der Waals surface area contributed by atoms with Crippen LogP contribution in [0.3, 0.4) is 0 Å². The number of benzene rings is 1. The predicted octanol–water partition coefficient (Wildman–Crippen LogP) is 3.11. The van der Waals surface area contributed by atoms with Crippen molar-refractivity contribution in [3.63, 3.8) is 0 Å². The van der Waals surface area contributed by atoms with E-state index in [1.807, 2.05) is 25.2 Å². The van der Waals surface area contributed by atoms with Gasteiger partial charge in [0.05, 0.1) is 0 Å².